The Morgan fingerprint density at radius 1 is 1.05 bits per heavy atom. The molecule has 9 heteroatoms. The highest BCUT2D eigenvalue weighted by molar-refractivity contribution is 5.94. The van der Waals surface area contributed by atoms with Gasteiger partial charge in [-0.05, 0) is 54.9 Å². The molecule has 2 aromatic carbocycles. The number of hydrogen-bond acceptors (Lipinski definition) is 8. The van der Waals surface area contributed by atoms with Crippen LogP contribution >= 0.6 is 0 Å². The molecule has 0 radical (unpaired) electrons. The first kappa shape index (κ1) is 24.6. The van der Waals surface area contributed by atoms with E-state index in [9.17, 15) is 4.79 Å². The number of rotatable bonds is 9. The number of aromatic nitrogens is 3. The van der Waals surface area contributed by atoms with Crippen LogP contribution in [0.4, 0.5) is 5.82 Å². The maximum Gasteiger partial charge on any atom is 0.337 e. The number of methoxy groups -OCH3 is 2. The molecule has 192 valence electrons. The van der Waals surface area contributed by atoms with Gasteiger partial charge in [-0.15, -0.1) is 0 Å². The fraction of sp³-hybridized carbons (Fsp3) is 0.321. The van der Waals surface area contributed by atoms with Crippen molar-refractivity contribution in [3.8, 4) is 17.2 Å². The van der Waals surface area contributed by atoms with Gasteiger partial charge in [-0.1, -0.05) is 19.1 Å². The van der Waals surface area contributed by atoms with E-state index >= 15 is 0 Å². The van der Waals surface area contributed by atoms with E-state index in [0.717, 1.165) is 54.2 Å². The van der Waals surface area contributed by atoms with Gasteiger partial charge in [-0.2, -0.15) is 5.10 Å². The van der Waals surface area contributed by atoms with Gasteiger partial charge >= 0.3 is 5.97 Å². The number of benzene rings is 2. The highest BCUT2D eigenvalue weighted by Crippen LogP contribution is 2.35. The second kappa shape index (κ2) is 10.9. The number of anilines is 1. The smallest absolute Gasteiger partial charge is 0.337 e. The summed E-state index contributed by atoms with van der Waals surface area (Å²) in [5, 5.41) is 9.42. The van der Waals surface area contributed by atoms with Crippen molar-refractivity contribution in [1.29, 1.82) is 0 Å². The first-order valence-corrected chi connectivity index (χ1v) is 12.4. The van der Waals surface area contributed by atoms with Crippen molar-refractivity contribution >= 4 is 22.8 Å². The van der Waals surface area contributed by atoms with Gasteiger partial charge < -0.3 is 24.4 Å². The molecule has 1 atom stereocenters. The second-order valence-electron chi connectivity index (χ2n) is 9.00. The summed E-state index contributed by atoms with van der Waals surface area (Å²) < 4.78 is 18.3. The molecule has 9 nitrogen and oxygen atoms in total. The van der Waals surface area contributed by atoms with Crippen molar-refractivity contribution in [1.82, 2.24) is 19.7 Å². The average Bonchev–Trinajstić information content (AvgIpc) is 3.54. The van der Waals surface area contributed by atoms with Crippen molar-refractivity contribution in [3.63, 3.8) is 0 Å². The predicted octanol–water partition coefficient (Wildman–Crippen LogP) is 4.57. The molecular formula is C28H31N5O4. The Morgan fingerprint density at radius 2 is 1.81 bits per heavy atom. The van der Waals surface area contributed by atoms with Crippen LogP contribution in [0.5, 0.6) is 17.2 Å². The monoisotopic (exact) mass is 501 g/mol. The maximum atomic E-state index is 11.8. The molecule has 37 heavy (non-hydrogen) atoms. The highest BCUT2D eigenvalue weighted by Gasteiger charge is 2.25. The molecule has 3 heterocycles. The minimum absolute atomic E-state index is 0.292. The molecule has 0 saturated carbocycles. The average molecular weight is 502 g/mol. The Hall–Kier alpha value is -4.11. The minimum atomic E-state index is -0.387. The molecule has 0 amide bonds. The summed E-state index contributed by atoms with van der Waals surface area (Å²) >= 11 is 0. The van der Waals surface area contributed by atoms with Crippen LogP contribution in [0.25, 0.3) is 11.0 Å². The lowest BCUT2D eigenvalue weighted by atomic mass is 10.2. The highest BCUT2D eigenvalue weighted by atomic mass is 16.5. The van der Waals surface area contributed by atoms with Gasteiger partial charge in [-0.3, -0.25) is 0 Å². The number of pyridine rings is 1. The second-order valence-corrected chi connectivity index (χ2v) is 9.00. The number of carbonyl (C=O) groups is 1. The fourth-order valence-electron chi connectivity index (χ4n) is 4.61. The number of nitrogens with zero attached hydrogens (tertiary/aromatic N) is 4. The van der Waals surface area contributed by atoms with Crippen molar-refractivity contribution in [2.24, 2.45) is 0 Å². The minimum Gasteiger partial charge on any atom is -0.497 e. The number of likely N-dealkylation sites (tertiary alicyclic amines) is 1. The maximum absolute atomic E-state index is 11.8. The molecule has 1 aliphatic rings. The summed E-state index contributed by atoms with van der Waals surface area (Å²) in [5.41, 5.74) is 2.28. The van der Waals surface area contributed by atoms with Crippen LogP contribution in [-0.2, 0) is 11.3 Å². The predicted molar refractivity (Wildman–Crippen MR) is 142 cm³/mol. The third-order valence-electron chi connectivity index (χ3n) is 6.65. The zero-order chi connectivity index (χ0) is 25.8. The Labute approximate surface area is 216 Å². The lowest BCUT2D eigenvalue weighted by Crippen LogP contribution is -2.26. The van der Waals surface area contributed by atoms with Crippen LogP contribution in [-0.4, -0.2) is 65.5 Å². The van der Waals surface area contributed by atoms with Gasteiger partial charge in [-0.25, -0.2) is 14.5 Å². The van der Waals surface area contributed by atoms with Crippen molar-refractivity contribution < 1.29 is 19.0 Å². The Bertz CT molecular complexity index is 1370. The van der Waals surface area contributed by atoms with Crippen molar-refractivity contribution in [2.75, 3.05) is 39.2 Å². The summed E-state index contributed by atoms with van der Waals surface area (Å²) in [6.45, 7) is 5.80. The quantitative estimate of drug-likeness (QED) is 0.334. The molecule has 0 spiro atoms. The van der Waals surface area contributed by atoms with E-state index in [4.69, 9.17) is 19.3 Å². The molecule has 2 aromatic heterocycles. The van der Waals surface area contributed by atoms with E-state index in [1.54, 1.807) is 37.6 Å². The van der Waals surface area contributed by atoms with Crippen LogP contribution in [0.15, 0.2) is 60.8 Å². The third-order valence-corrected chi connectivity index (χ3v) is 6.65. The van der Waals surface area contributed by atoms with Crippen LogP contribution in [0.3, 0.4) is 0 Å². The van der Waals surface area contributed by atoms with Crippen LogP contribution in [0, 0.1) is 0 Å². The zero-order valence-electron chi connectivity index (χ0n) is 21.3. The molecule has 1 aliphatic heterocycles. The Morgan fingerprint density at radius 3 is 2.49 bits per heavy atom. The first-order valence-electron chi connectivity index (χ1n) is 12.4. The van der Waals surface area contributed by atoms with Gasteiger partial charge in [0.2, 0.25) is 0 Å². The van der Waals surface area contributed by atoms with E-state index in [-0.39, 0.29) is 5.97 Å². The first-order chi connectivity index (χ1) is 18.1. The summed E-state index contributed by atoms with van der Waals surface area (Å²) in [5.74, 6) is 2.42. The number of likely N-dealkylation sites (N-methyl/N-ethyl adjacent to an activating group) is 1. The lowest BCUT2D eigenvalue weighted by Gasteiger charge is -2.15. The molecule has 1 saturated heterocycles. The molecule has 0 bridgehead atoms. The Balaban J connectivity index is 1.49. The molecule has 1 fully saturated rings. The largest absolute Gasteiger partial charge is 0.497 e. The van der Waals surface area contributed by atoms with Gasteiger partial charge in [0.1, 0.15) is 22.6 Å². The molecular weight excluding hydrogens is 470 g/mol. The van der Waals surface area contributed by atoms with Gasteiger partial charge in [0.05, 0.1) is 26.3 Å². The van der Waals surface area contributed by atoms with Crippen molar-refractivity contribution in [2.45, 2.75) is 25.9 Å². The van der Waals surface area contributed by atoms with E-state index in [2.05, 4.69) is 22.1 Å². The summed E-state index contributed by atoms with van der Waals surface area (Å²) in [7, 11) is 3.02. The number of hydrogen-bond donors (Lipinski definition) is 1. The number of nitrogens with one attached hydrogen (secondary N) is 1. The summed E-state index contributed by atoms with van der Waals surface area (Å²) in [4.78, 5) is 18.9. The lowest BCUT2D eigenvalue weighted by molar-refractivity contribution is 0.0600. The van der Waals surface area contributed by atoms with Crippen molar-refractivity contribution in [3.05, 3.63) is 71.9 Å². The van der Waals surface area contributed by atoms with Crippen LogP contribution in [0.1, 0.15) is 29.3 Å². The van der Waals surface area contributed by atoms with E-state index in [1.807, 2.05) is 35.0 Å². The number of ether oxygens (including phenoxy) is 3. The SMILES string of the molecule is CCN1CC[C@@H](Nc2nn(Cc3ccc(OC)cc3)c3nccc(Oc4ccc(C(=O)OC)cc4)c23)C1. The van der Waals surface area contributed by atoms with E-state index < -0.39 is 0 Å². The standard InChI is InChI=1S/C28H31N5O4/c1-4-32-16-14-21(18-32)30-26-25-24(37-23-11-7-20(8-12-23)28(34)36-3)13-15-29-27(25)33(31-26)17-19-5-9-22(35-2)10-6-19/h5-13,15,21H,4,14,16-18H2,1-3H3,(H,30,31)/t21-/m1/s1. The molecule has 0 aliphatic carbocycles. The van der Waals surface area contributed by atoms with Gasteiger partial charge in [0.15, 0.2) is 11.5 Å². The number of carbonyl (C=O) groups excluding carboxylic acids is 1. The number of esters is 1. The molecule has 1 N–H and O–H groups in total. The zero-order valence-corrected chi connectivity index (χ0v) is 21.3. The van der Waals surface area contributed by atoms with E-state index in [0.29, 0.717) is 29.6 Å². The fourth-order valence-corrected chi connectivity index (χ4v) is 4.61. The third kappa shape index (κ3) is 5.36. The number of fused-ring (bicyclic) bond motifs is 1. The normalized spacial score (nSPS) is 15.6. The van der Waals surface area contributed by atoms with Crippen LogP contribution in [0.2, 0.25) is 0 Å². The van der Waals surface area contributed by atoms with Crippen LogP contribution < -0.4 is 14.8 Å². The molecule has 0 unspecified atom stereocenters. The Kier molecular flexibility index (Phi) is 7.23. The topological polar surface area (TPSA) is 90.7 Å². The molecule has 4 aromatic rings. The molecule has 5 rings (SSSR count). The van der Waals surface area contributed by atoms with Gasteiger partial charge in [0, 0.05) is 31.4 Å². The van der Waals surface area contributed by atoms with E-state index in [1.165, 1.54) is 7.11 Å². The summed E-state index contributed by atoms with van der Waals surface area (Å²) in [6.07, 6.45) is 2.77. The van der Waals surface area contributed by atoms with Gasteiger partial charge in [0.25, 0.3) is 0 Å². The summed E-state index contributed by atoms with van der Waals surface area (Å²) in [6, 6.07) is 16.9.